The molecule has 0 atom stereocenters. The van der Waals surface area contributed by atoms with Crippen LogP contribution in [0, 0.1) is 6.92 Å². The first-order chi connectivity index (χ1) is 10.7. The van der Waals surface area contributed by atoms with Crippen molar-refractivity contribution in [1.82, 2.24) is 0 Å². The van der Waals surface area contributed by atoms with E-state index in [1.54, 1.807) is 6.07 Å². The Morgan fingerprint density at radius 3 is 2.64 bits per heavy atom. The van der Waals surface area contributed by atoms with Crippen molar-refractivity contribution in [2.75, 3.05) is 5.32 Å². The van der Waals surface area contributed by atoms with Crippen molar-refractivity contribution in [1.29, 1.82) is 0 Å². The van der Waals surface area contributed by atoms with E-state index in [9.17, 15) is 4.79 Å². The van der Waals surface area contributed by atoms with Crippen molar-refractivity contribution in [3.63, 3.8) is 0 Å². The Morgan fingerprint density at radius 1 is 1.00 bits per heavy atom. The van der Waals surface area contributed by atoms with E-state index in [1.807, 2.05) is 49.4 Å². The van der Waals surface area contributed by atoms with E-state index in [0.29, 0.717) is 11.4 Å². The molecule has 1 amide bonds. The van der Waals surface area contributed by atoms with Gasteiger partial charge in [0.2, 0.25) is 0 Å². The standard InChI is InChI=1S/C18H13NO3/c1-11-8-9-21-17(11)18(20)19-12-6-7-16-14(10-12)13-4-2-3-5-15(13)22-16/h2-10H,1H3,(H,19,20). The Morgan fingerprint density at radius 2 is 1.82 bits per heavy atom. The third kappa shape index (κ3) is 1.97. The lowest BCUT2D eigenvalue weighted by molar-refractivity contribution is 0.0996. The first-order valence-electron chi connectivity index (χ1n) is 6.99. The van der Waals surface area contributed by atoms with Crippen molar-refractivity contribution in [2.24, 2.45) is 0 Å². The van der Waals surface area contributed by atoms with Crippen LogP contribution in [-0.4, -0.2) is 5.91 Å². The summed E-state index contributed by atoms with van der Waals surface area (Å²) >= 11 is 0. The molecular formula is C18H13NO3. The minimum Gasteiger partial charge on any atom is -0.459 e. The van der Waals surface area contributed by atoms with Gasteiger partial charge in [0, 0.05) is 22.0 Å². The fourth-order valence-corrected chi connectivity index (χ4v) is 2.60. The van der Waals surface area contributed by atoms with E-state index in [1.165, 1.54) is 6.26 Å². The van der Waals surface area contributed by atoms with Gasteiger partial charge in [0.05, 0.1) is 6.26 Å². The lowest BCUT2D eigenvalue weighted by atomic mass is 10.1. The Hall–Kier alpha value is -3.01. The molecule has 4 nitrogen and oxygen atoms in total. The summed E-state index contributed by atoms with van der Waals surface area (Å²) in [6.07, 6.45) is 1.51. The number of aryl methyl sites for hydroxylation is 1. The molecule has 0 aliphatic carbocycles. The van der Waals surface area contributed by atoms with Crippen molar-refractivity contribution >= 4 is 33.5 Å². The minimum atomic E-state index is -0.255. The summed E-state index contributed by atoms with van der Waals surface area (Å²) in [7, 11) is 0. The van der Waals surface area contributed by atoms with Crippen LogP contribution in [-0.2, 0) is 0 Å². The van der Waals surface area contributed by atoms with Gasteiger partial charge in [0.15, 0.2) is 5.76 Å². The second-order valence-electron chi connectivity index (χ2n) is 5.20. The maximum absolute atomic E-state index is 12.2. The number of carbonyl (C=O) groups excluding carboxylic acids is 1. The molecule has 108 valence electrons. The number of hydrogen-bond acceptors (Lipinski definition) is 3. The number of para-hydroxylation sites is 1. The summed E-state index contributed by atoms with van der Waals surface area (Å²) in [6, 6.07) is 15.2. The molecule has 0 saturated heterocycles. The quantitative estimate of drug-likeness (QED) is 0.580. The maximum Gasteiger partial charge on any atom is 0.291 e. The molecular weight excluding hydrogens is 278 g/mol. The molecule has 0 aliphatic heterocycles. The zero-order chi connectivity index (χ0) is 15.1. The van der Waals surface area contributed by atoms with E-state index < -0.39 is 0 Å². The van der Waals surface area contributed by atoms with Gasteiger partial charge in [-0.1, -0.05) is 18.2 Å². The van der Waals surface area contributed by atoms with Crippen molar-refractivity contribution in [3.8, 4) is 0 Å². The molecule has 22 heavy (non-hydrogen) atoms. The zero-order valence-electron chi connectivity index (χ0n) is 11.9. The number of carbonyl (C=O) groups is 1. The smallest absolute Gasteiger partial charge is 0.291 e. The highest BCUT2D eigenvalue weighted by molar-refractivity contribution is 6.08. The lowest BCUT2D eigenvalue weighted by Crippen LogP contribution is -2.11. The predicted molar refractivity (Wildman–Crippen MR) is 85.1 cm³/mol. The Labute approximate surface area is 126 Å². The van der Waals surface area contributed by atoms with E-state index >= 15 is 0 Å². The van der Waals surface area contributed by atoms with Crippen LogP contribution in [0.25, 0.3) is 21.9 Å². The highest BCUT2D eigenvalue weighted by Gasteiger charge is 2.14. The van der Waals surface area contributed by atoms with Crippen LogP contribution < -0.4 is 5.32 Å². The summed E-state index contributed by atoms with van der Waals surface area (Å²) in [6.45, 7) is 1.84. The van der Waals surface area contributed by atoms with Gasteiger partial charge in [-0.05, 0) is 37.3 Å². The molecule has 0 bridgehead atoms. The van der Waals surface area contributed by atoms with Gasteiger partial charge in [-0.15, -0.1) is 0 Å². The fraction of sp³-hybridized carbons (Fsp3) is 0.0556. The van der Waals surface area contributed by atoms with E-state index in [0.717, 1.165) is 27.5 Å². The molecule has 0 spiro atoms. The molecule has 0 radical (unpaired) electrons. The number of rotatable bonds is 2. The van der Waals surface area contributed by atoms with Crippen LogP contribution in [0.3, 0.4) is 0 Å². The van der Waals surface area contributed by atoms with Crippen LogP contribution in [0.4, 0.5) is 5.69 Å². The van der Waals surface area contributed by atoms with E-state index in [-0.39, 0.29) is 5.91 Å². The van der Waals surface area contributed by atoms with Crippen LogP contribution in [0.15, 0.2) is 63.6 Å². The van der Waals surface area contributed by atoms with Gasteiger partial charge in [-0.25, -0.2) is 0 Å². The molecule has 0 unspecified atom stereocenters. The zero-order valence-corrected chi connectivity index (χ0v) is 11.9. The average molecular weight is 291 g/mol. The number of benzene rings is 2. The molecule has 0 aliphatic rings. The third-order valence-corrected chi connectivity index (χ3v) is 3.70. The molecule has 0 saturated carbocycles. The fourth-order valence-electron chi connectivity index (χ4n) is 2.60. The number of amides is 1. The molecule has 2 aromatic carbocycles. The van der Waals surface area contributed by atoms with Gasteiger partial charge in [-0.2, -0.15) is 0 Å². The van der Waals surface area contributed by atoms with Crippen LogP contribution in [0.5, 0.6) is 0 Å². The largest absolute Gasteiger partial charge is 0.459 e. The first kappa shape index (κ1) is 12.7. The number of furan rings is 2. The maximum atomic E-state index is 12.2. The Bertz CT molecular complexity index is 994. The molecule has 4 rings (SSSR count). The molecule has 2 heterocycles. The van der Waals surface area contributed by atoms with Crippen molar-refractivity contribution < 1.29 is 13.6 Å². The number of fused-ring (bicyclic) bond motifs is 3. The second-order valence-corrected chi connectivity index (χ2v) is 5.20. The van der Waals surface area contributed by atoms with Crippen molar-refractivity contribution in [3.05, 3.63) is 66.1 Å². The average Bonchev–Trinajstić information content (AvgIpc) is 3.10. The molecule has 4 heteroatoms. The third-order valence-electron chi connectivity index (χ3n) is 3.70. The van der Waals surface area contributed by atoms with Gasteiger partial charge < -0.3 is 14.2 Å². The number of hydrogen-bond donors (Lipinski definition) is 1. The molecule has 2 aromatic heterocycles. The van der Waals surface area contributed by atoms with Crippen LogP contribution >= 0.6 is 0 Å². The van der Waals surface area contributed by atoms with E-state index in [2.05, 4.69) is 5.32 Å². The summed E-state index contributed by atoms with van der Waals surface area (Å²) in [4.78, 5) is 12.2. The summed E-state index contributed by atoms with van der Waals surface area (Å²) in [5.74, 6) is 0.0757. The summed E-state index contributed by atoms with van der Waals surface area (Å²) in [5.41, 5.74) is 3.16. The Kier molecular flexibility index (Phi) is 2.76. The van der Waals surface area contributed by atoms with Gasteiger partial charge in [-0.3, -0.25) is 4.79 Å². The SMILES string of the molecule is Cc1ccoc1C(=O)Nc1ccc2oc3ccccc3c2c1. The van der Waals surface area contributed by atoms with Crippen molar-refractivity contribution in [2.45, 2.75) is 6.92 Å². The number of anilines is 1. The second kappa shape index (κ2) is 4.77. The number of nitrogens with one attached hydrogen (secondary N) is 1. The highest BCUT2D eigenvalue weighted by atomic mass is 16.3. The predicted octanol–water partition coefficient (Wildman–Crippen LogP) is 4.74. The van der Waals surface area contributed by atoms with Gasteiger partial charge in [0.1, 0.15) is 11.2 Å². The molecule has 4 aromatic rings. The van der Waals surface area contributed by atoms with E-state index in [4.69, 9.17) is 8.83 Å². The minimum absolute atomic E-state index is 0.255. The Balaban J connectivity index is 1.75. The molecule has 1 N–H and O–H groups in total. The summed E-state index contributed by atoms with van der Waals surface area (Å²) < 4.78 is 11.0. The topological polar surface area (TPSA) is 55.4 Å². The first-order valence-corrected chi connectivity index (χ1v) is 6.99. The summed E-state index contributed by atoms with van der Waals surface area (Å²) in [5, 5.41) is 4.86. The highest BCUT2D eigenvalue weighted by Crippen LogP contribution is 2.30. The van der Waals surface area contributed by atoms with Gasteiger partial charge >= 0.3 is 0 Å². The monoisotopic (exact) mass is 291 g/mol. The van der Waals surface area contributed by atoms with Crippen LogP contribution in [0.2, 0.25) is 0 Å². The van der Waals surface area contributed by atoms with Gasteiger partial charge in [0.25, 0.3) is 5.91 Å². The van der Waals surface area contributed by atoms with Crippen LogP contribution in [0.1, 0.15) is 16.1 Å². The molecule has 0 fully saturated rings. The normalized spacial score (nSPS) is 11.1. The lowest BCUT2D eigenvalue weighted by Gasteiger charge is -2.04.